The van der Waals surface area contributed by atoms with Crippen molar-refractivity contribution >= 4 is 11.6 Å². The zero-order valence-corrected chi connectivity index (χ0v) is 14.2. The van der Waals surface area contributed by atoms with Gasteiger partial charge in [0.25, 0.3) is 0 Å². The maximum Gasteiger partial charge on any atom is 0.242 e. The summed E-state index contributed by atoms with van der Waals surface area (Å²) in [5.74, 6) is 1.11. The third kappa shape index (κ3) is 3.29. The third-order valence-electron chi connectivity index (χ3n) is 5.10. The van der Waals surface area contributed by atoms with Gasteiger partial charge in [0, 0.05) is 26.2 Å². The molecule has 0 aliphatic carbocycles. The summed E-state index contributed by atoms with van der Waals surface area (Å²) in [5.41, 5.74) is 0.839. The van der Waals surface area contributed by atoms with E-state index in [2.05, 4.69) is 30.1 Å². The smallest absolute Gasteiger partial charge is 0.242 e. The fourth-order valence-corrected chi connectivity index (χ4v) is 3.44. The maximum absolute atomic E-state index is 12.7. The second-order valence-corrected chi connectivity index (χ2v) is 6.45. The van der Waals surface area contributed by atoms with Gasteiger partial charge in [-0.3, -0.25) is 4.79 Å². The van der Waals surface area contributed by atoms with Crippen molar-refractivity contribution in [2.45, 2.75) is 32.3 Å². The molecule has 1 aromatic carbocycles. The molecule has 2 heterocycles. The highest BCUT2D eigenvalue weighted by Crippen LogP contribution is 2.39. The van der Waals surface area contributed by atoms with Crippen LogP contribution in [0.15, 0.2) is 24.3 Å². The van der Waals surface area contributed by atoms with Gasteiger partial charge in [0.1, 0.15) is 11.4 Å². The van der Waals surface area contributed by atoms with Gasteiger partial charge in [0.05, 0.1) is 18.8 Å². The van der Waals surface area contributed by atoms with Gasteiger partial charge in [0.2, 0.25) is 5.91 Å². The van der Waals surface area contributed by atoms with E-state index in [4.69, 9.17) is 4.74 Å². The van der Waals surface area contributed by atoms with Crippen molar-refractivity contribution in [3.63, 3.8) is 0 Å². The van der Waals surface area contributed by atoms with Crippen LogP contribution in [0.3, 0.4) is 0 Å². The molecule has 126 valence electrons. The lowest BCUT2D eigenvalue weighted by molar-refractivity contribution is -0.130. The average Bonchev–Trinajstić information content (AvgIpc) is 2.62. The lowest BCUT2D eigenvalue weighted by Gasteiger charge is -2.44. The first kappa shape index (κ1) is 16.1. The Bertz CT molecular complexity index is 551. The number of fused-ring (bicyclic) bond motifs is 1. The van der Waals surface area contributed by atoms with Crippen molar-refractivity contribution in [1.82, 2.24) is 10.2 Å². The number of carbonyl (C=O) groups excluding carboxylic acids is 1. The first-order valence-corrected chi connectivity index (χ1v) is 8.69. The molecule has 2 aliphatic heterocycles. The summed E-state index contributed by atoms with van der Waals surface area (Å²) in [6.07, 6.45) is 1.88. The number of piperazine rings is 1. The number of carbonyl (C=O) groups is 1. The summed E-state index contributed by atoms with van der Waals surface area (Å²) >= 11 is 0. The first-order valence-electron chi connectivity index (χ1n) is 8.69. The quantitative estimate of drug-likeness (QED) is 0.921. The van der Waals surface area contributed by atoms with Crippen LogP contribution in [0.2, 0.25) is 0 Å². The zero-order valence-electron chi connectivity index (χ0n) is 14.2. The minimum absolute atomic E-state index is 0.196. The van der Waals surface area contributed by atoms with Crippen molar-refractivity contribution in [3.8, 4) is 5.75 Å². The minimum atomic E-state index is -0.196. The summed E-state index contributed by atoms with van der Waals surface area (Å²) in [5, 5.41) is 3.29. The second kappa shape index (κ2) is 6.79. The summed E-state index contributed by atoms with van der Waals surface area (Å²) in [6.45, 7) is 8.91. The first-order chi connectivity index (χ1) is 11.2. The molecule has 5 nitrogen and oxygen atoms in total. The number of hydrogen-bond acceptors (Lipinski definition) is 4. The van der Waals surface area contributed by atoms with Crippen LogP contribution in [0, 0.1) is 0 Å². The normalized spacial score (nSPS) is 19.9. The highest BCUT2D eigenvalue weighted by atomic mass is 16.5. The Morgan fingerprint density at radius 2 is 1.91 bits per heavy atom. The molecule has 0 saturated carbocycles. The molecule has 1 amide bonds. The molecular formula is C18H27N3O2. The maximum atomic E-state index is 12.7. The summed E-state index contributed by atoms with van der Waals surface area (Å²) < 4.78 is 6.30. The molecule has 0 bridgehead atoms. The fraction of sp³-hybridized carbons (Fsp3) is 0.611. The van der Waals surface area contributed by atoms with Gasteiger partial charge in [-0.05, 0) is 25.0 Å². The van der Waals surface area contributed by atoms with E-state index in [9.17, 15) is 4.79 Å². The Balaban J connectivity index is 1.80. The molecule has 1 N–H and O–H groups in total. The molecule has 5 heteroatoms. The molecule has 1 aromatic rings. The predicted molar refractivity (Wildman–Crippen MR) is 92.0 cm³/mol. The molecule has 23 heavy (non-hydrogen) atoms. The van der Waals surface area contributed by atoms with Crippen molar-refractivity contribution in [2.75, 3.05) is 44.2 Å². The van der Waals surface area contributed by atoms with E-state index in [1.165, 1.54) is 0 Å². The number of nitrogens with zero attached hydrogens (tertiary/aromatic N) is 2. The van der Waals surface area contributed by atoms with Crippen molar-refractivity contribution in [3.05, 3.63) is 24.3 Å². The Hall–Kier alpha value is -1.75. The Morgan fingerprint density at radius 1 is 1.22 bits per heavy atom. The molecule has 1 fully saturated rings. The van der Waals surface area contributed by atoms with Gasteiger partial charge in [-0.1, -0.05) is 26.0 Å². The third-order valence-corrected chi connectivity index (χ3v) is 5.10. The summed E-state index contributed by atoms with van der Waals surface area (Å²) in [7, 11) is 0. The summed E-state index contributed by atoms with van der Waals surface area (Å²) in [6, 6.07) is 8.07. The van der Waals surface area contributed by atoms with Crippen LogP contribution < -0.4 is 15.0 Å². The van der Waals surface area contributed by atoms with Crippen LogP contribution in [0.5, 0.6) is 5.75 Å². The standard InChI is InChI=1S/C18H27N3O2/c1-3-18(4-2)14-21(15-7-5-6-8-16(15)23-18)13-17(22)20-11-9-19-10-12-20/h5-8,19H,3-4,9-14H2,1-2H3. The van der Waals surface area contributed by atoms with Gasteiger partial charge in [-0.15, -0.1) is 0 Å². The number of benzene rings is 1. The largest absolute Gasteiger partial charge is 0.483 e. The van der Waals surface area contributed by atoms with Crippen LogP contribution in [0.25, 0.3) is 0 Å². The van der Waals surface area contributed by atoms with Crippen molar-refractivity contribution in [2.24, 2.45) is 0 Å². The Labute approximate surface area is 138 Å². The Kier molecular flexibility index (Phi) is 4.76. The molecule has 0 unspecified atom stereocenters. The number of ether oxygens (including phenoxy) is 1. The number of para-hydroxylation sites is 2. The van der Waals surface area contributed by atoms with Gasteiger partial charge in [-0.25, -0.2) is 0 Å². The van der Waals surface area contributed by atoms with Gasteiger partial charge < -0.3 is 19.9 Å². The lowest BCUT2D eigenvalue weighted by Crippen LogP contribution is -2.55. The van der Waals surface area contributed by atoms with Crippen molar-refractivity contribution < 1.29 is 9.53 Å². The number of nitrogens with one attached hydrogen (secondary N) is 1. The molecule has 3 rings (SSSR count). The molecule has 0 spiro atoms. The average molecular weight is 317 g/mol. The topological polar surface area (TPSA) is 44.8 Å². The number of anilines is 1. The van der Waals surface area contributed by atoms with Crippen LogP contribution in [-0.2, 0) is 4.79 Å². The van der Waals surface area contributed by atoms with E-state index in [1.54, 1.807) is 0 Å². The molecular weight excluding hydrogens is 290 g/mol. The molecule has 0 radical (unpaired) electrons. The minimum Gasteiger partial charge on any atom is -0.483 e. The van der Waals surface area contributed by atoms with E-state index < -0.39 is 0 Å². The highest BCUT2D eigenvalue weighted by Gasteiger charge is 2.37. The van der Waals surface area contributed by atoms with Gasteiger partial charge in [-0.2, -0.15) is 0 Å². The molecule has 0 atom stereocenters. The van der Waals surface area contributed by atoms with E-state index in [-0.39, 0.29) is 11.5 Å². The molecule has 0 aromatic heterocycles. The van der Waals surface area contributed by atoms with E-state index in [1.807, 2.05) is 23.1 Å². The number of rotatable bonds is 4. The van der Waals surface area contributed by atoms with Crippen LogP contribution in [-0.4, -0.2) is 55.7 Å². The number of hydrogen-bond donors (Lipinski definition) is 1. The van der Waals surface area contributed by atoms with E-state index >= 15 is 0 Å². The van der Waals surface area contributed by atoms with Crippen LogP contribution in [0.1, 0.15) is 26.7 Å². The van der Waals surface area contributed by atoms with E-state index in [0.29, 0.717) is 6.54 Å². The van der Waals surface area contributed by atoms with Crippen LogP contribution in [0.4, 0.5) is 5.69 Å². The zero-order chi connectivity index (χ0) is 16.3. The highest BCUT2D eigenvalue weighted by molar-refractivity contribution is 5.82. The predicted octanol–water partition coefficient (Wildman–Crippen LogP) is 1.88. The second-order valence-electron chi connectivity index (χ2n) is 6.45. The Morgan fingerprint density at radius 3 is 2.61 bits per heavy atom. The molecule has 2 aliphatic rings. The van der Waals surface area contributed by atoms with Crippen LogP contribution >= 0.6 is 0 Å². The number of amides is 1. The molecule has 1 saturated heterocycles. The van der Waals surface area contributed by atoms with Gasteiger partial charge >= 0.3 is 0 Å². The lowest BCUT2D eigenvalue weighted by atomic mass is 9.94. The monoisotopic (exact) mass is 317 g/mol. The van der Waals surface area contributed by atoms with Crippen molar-refractivity contribution in [1.29, 1.82) is 0 Å². The van der Waals surface area contributed by atoms with E-state index in [0.717, 1.165) is 57.0 Å². The fourth-order valence-electron chi connectivity index (χ4n) is 3.44. The summed E-state index contributed by atoms with van der Waals surface area (Å²) in [4.78, 5) is 16.9. The SMILES string of the molecule is CCC1(CC)CN(CC(=O)N2CCNCC2)c2ccccc2O1. The van der Waals surface area contributed by atoms with Gasteiger partial charge in [0.15, 0.2) is 0 Å².